The third kappa shape index (κ3) is 2.37. The molecule has 0 aromatic carbocycles. The van der Waals surface area contributed by atoms with Crippen LogP contribution < -0.4 is 5.56 Å². The Balaban J connectivity index is 3.45. The number of hydrogen-bond donors (Lipinski definition) is 3. The predicted molar refractivity (Wildman–Crippen MR) is 53.4 cm³/mol. The Bertz CT molecular complexity index is 504. The average Bonchev–Trinajstić information content (AvgIpc) is 1.99. The fourth-order valence-corrected chi connectivity index (χ4v) is 1.94. The first-order valence-corrected chi connectivity index (χ1v) is 5.63. The number of H-pyrrole nitrogens is 1. The average molecular weight is 233 g/mol. The lowest BCUT2D eigenvalue weighted by Crippen LogP contribution is -2.14. The first-order chi connectivity index (χ1) is 6.73. The lowest BCUT2D eigenvalue weighted by molar-refractivity contribution is 0.435. The summed E-state index contributed by atoms with van der Waals surface area (Å²) < 4.78 is 30.6. The second-order valence-electron chi connectivity index (χ2n) is 3.24. The summed E-state index contributed by atoms with van der Waals surface area (Å²) in [7, 11) is -4.30. The topological polar surface area (TPSA) is 107 Å². The number of hydrogen-bond acceptors (Lipinski definition) is 4. The molecule has 0 aliphatic carbocycles. The molecule has 0 saturated heterocycles. The molecule has 3 N–H and O–H groups in total. The molecule has 0 spiro atoms. The van der Waals surface area contributed by atoms with Crippen LogP contribution in [0.15, 0.2) is 10.9 Å². The Labute approximate surface area is 86.3 Å². The molecule has 0 amide bonds. The van der Waals surface area contributed by atoms with Gasteiger partial charge in [-0.15, -0.1) is 0 Å². The molecule has 1 heterocycles. The molecule has 0 radical (unpaired) electrons. The molecule has 6 nitrogen and oxygen atoms in total. The minimum atomic E-state index is -4.30. The van der Waals surface area contributed by atoms with Crippen LogP contribution in [0.4, 0.5) is 0 Å². The molecular weight excluding hydrogens is 222 g/mol. The molecule has 7 heteroatoms. The zero-order valence-electron chi connectivity index (χ0n) is 8.18. The molecule has 0 fully saturated rings. The van der Waals surface area contributed by atoms with Gasteiger partial charge in [-0.05, 0) is 19.4 Å². The Hall–Kier alpha value is -1.34. The smallest absolute Gasteiger partial charge is 0.271 e. The normalized spacial score (nSPS) is 13.8. The van der Waals surface area contributed by atoms with Gasteiger partial charge in [-0.1, -0.05) is 0 Å². The standard InChI is InChI=1S/C8H11NO5S/c1-4-3-6(10)9-8(11)7(4)5(2)15(12,13)14/h3,5H,1-2H3,(H2,9,10,11)(H,12,13,14). The molecule has 1 aromatic heterocycles. The molecule has 0 saturated carbocycles. The van der Waals surface area contributed by atoms with Crippen molar-refractivity contribution in [2.75, 3.05) is 0 Å². The summed E-state index contributed by atoms with van der Waals surface area (Å²) >= 11 is 0. The van der Waals surface area contributed by atoms with Crippen LogP contribution in [0.5, 0.6) is 5.88 Å². The van der Waals surface area contributed by atoms with Crippen LogP contribution in [-0.2, 0) is 10.1 Å². The molecule has 0 aliphatic rings. The molecule has 1 rings (SSSR count). The Kier molecular flexibility index (Phi) is 2.87. The van der Waals surface area contributed by atoms with Gasteiger partial charge >= 0.3 is 0 Å². The van der Waals surface area contributed by atoms with Crippen LogP contribution in [0.3, 0.4) is 0 Å². The van der Waals surface area contributed by atoms with Crippen LogP contribution >= 0.6 is 0 Å². The van der Waals surface area contributed by atoms with E-state index in [4.69, 9.17) is 4.55 Å². The van der Waals surface area contributed by atoms with Crippen molar-refractivity contribution in [2.24, 2.45) is 0 Å². The third-order valence-electron chi connectivity index (χ3n) is 2.12. The van der Waals surface area contributed by atoms with Gasteiger partial charge in [0.15, 0.2) is 5.88 Å². The Morgan fingerprint density at radius 1 is 1.47 bits per heavy atom. The van der Waals surface area contributed by atoms with E-state index in [0.717, 1.165) is 6.07 Å². The molecule has 15 heavy (non-hydrogen) atoms. The predicted octanol–water partition coefficient (Wildman–Crippen LogP) is 0.338. The quantitative estimate of drug-likeness (QED) is 0.638. The summed E-state index contributed by atoms with van der Waals surface area (Å²) in [6.07, 6.45) is 0. The summed E-state index contributed by atoms with van der Waals surface area (Å²) in [6.45, 7) is 2.70. The van der Waals surface area contributed by atoms with E-state index in [9.17, 15) is 18.3 Å². The van der Waals surface area contributed by atoms with E-state index in [1.165, 1.54) is 13.8 Å². The zero-order valence-corrected chi connectivity index (χ0v) is 9.00. The second-order valence-corrected chi connectivity index (χ2v) is 4.97. The van der Waals surface area contributed by atoms with Crippen molar-refractivity contribution in [3.63, 3.8) is 0 Å². The summed E-state index contributed by atoms with van der Waals surface area (Å²) in [6, 6.07) is 1.15. The van der Waals surface area contributed by atoms with Gasteiger partial charge in [0, 0.05) is 11.6 Å². The molecule has 0 aliphatic heterocycles. The maximum atomic E-state index is 10.9. The van der Waals surface area contributed by atoms with Crippen molar-refractivity contribution >= 4 is 10.1 Å². The summed E-state index contributed by atoms with van der Waals surface area (Å²) in [5.41, 5.74) is -0.227. The summed E-state index contributed by atoms with van der Waals surface area (Å²) in [4.78, 5) is 13.0. The van der Waals surface area contributed by atoms with Gasteiger partial charge in [-0.2, -0.15) is 8.42 Å². The van der Waals surface area contributed by atoms with Gasteiger partial charge < -0.3 is 5.11 Å². The minimum absolute atomic E-state index is 0.00269. The highest BCUT2D eigenvalue weighted by Gasteiger charge is 2.25. The summed E-state index contributed by atoms with van der Waals surface area (Å²) in [5, 5.41) is 8.09. The van der Waals surface area contributed by atoms with Crippen LogP contribution in [0.1, 0.15) is 23.3 Å². The molecule has 84 valence electrons. The van der Waals surface area contributed by atoms with Gasteiger partial charge in [-0.25, -0.2) is 0 Å². The highest BCUT2D eigenvalue weighted by molar-refractivity contribution is 7.86. The van der Waals surface area contributed by atoms with Gasteiger partial charge in [0.25, 0.3) is 15.7 Å². The lowest BCUT2D eigenvalue weighted by atomic mass is 10.1. The van der Waals surface area contributed by atoms with E-state index in [0.29, 0.717) is 5.56 Å². The molecule has 1 atom stereocenters. The van der Waals surface area contributed by atoms with E-state index in [2.05, 4.69) is 4.98 Å². The minimum Gasteiger partial charge on any atom is -0.494 e. The number of aryl methyl sites for hydroxylation is 1. The third-order valence-corrected chi connectivity index (χ3v) is 3.25. The Morgan fingerprint density at radius 3 is 2.40 bits per heavy atom. The Morgan fingerprint density at radius 2 is 2.00 bits per heavy atom. The second kappa shape index (κ2) is 3.67. The highest BCUT2D eigenvalue weighted by Crippen LogP contribution is 2.28. The van der Waals surface area contributed by atoms with Gasteiger partial charge in [0.2, 0.25) is 0 Å². The maximum Gasteiger partial charge on any atom is 0.271 e. The zero-order chi connectivity index (χ0) is 11.8. The molecule has 0 bridgehead atoms. The van der Waals surface area contributed by atoms with Crippen molar-refractivity contribution in [1.82, 2.24) is 4.98 Å². The fourth-order valence-electron chi connectivity index (χ4n) is 1.34. The highest BCUT2D eigenvalue weighted by atomic mass is 32.2. The van der Waals surface area contributed by atoms with E-state index in [-0.39, 0.29) is 5.56 Å². The first kappa shape index (κ1) is 11.7. The van der Waals surface area contributed by atoms with Crippen LogP contribution in [0.25, 0.3) is 0 Å². The van der Waals surface area contributed by atoms with Crippen LogP contribution in [0.2, 0.25) is 0 Å². The molecule has 1 unspecified atom stereocenters. The van der Waals surface area contributed by atoms with Gasteiger partial charge in [0.05, 0.1) is 0 Å². The largest absolute Gasteiger partial charge is 0.494 e. The SMILES string of the molecule is Cc1cc(=O)[nH]c(O)c1C(C)S(=O)(=O)O. The molecular formula is C8H11NO5S. The summed E-state index contributed by atoms with van der Waals surface area (Å²) in [5.74, 6) is -0.537. The number of aromatic nitrogens is 1. The number of aromatic amines is 1. The molecule has 1 aromatic rings. The van der Waals surface area contributed by atoms with Crippen molar-refractivity contribution in [3.8, 4) is 5.88 Å². The monoisotopic (exact) mass is 233 g/mol. The number of pyridine rings is 1. The van der Waals surface area contributed by atoms with Gasteiger partial charge in [0.1, 0.15) is 5.25 Å². The van der Waals surface area contributed by atoms with E-state index >= 15 is 0 Å². The number of rotatable bonds is 2. The van der Waals surface area contributed by atoms with Gasteiger partial charge in [-0.3, -0.25) is 14.3 Å². The lowest BCUT2D eigenvalue weighted by Gasteiger charge is -2.12. The van der Waals surface area contributed by atoms with Crippen molar-refractivity contribution < 1.29 is 18.1 Å². The number of nitrogens with one attached hydrogen (secondary N) is 1. The van der Waals surface area contributed by atoms with E-state index in [1.54, 1.807) is 0 Å². The van der Waals surface area contributed by atoms with Crippen LogP contribution in [0, 0.1) is 6.92 Å². The van der Waals surface area contributed by atoms with Crippen molar-refractivity contribution in [1.29, 1.82) is 0 Å². The van der Waals surface area contributed by atoms with E-state index in [1.807, 2.05) is 0 Å². The fraction of sp³-hybridized carbons (Fsp3) is 0.375. The maximum absolute atomic E-state index is 10.9. The van der Waals surface area contributed by atoms with Crippen molar-refractivity contribution in [2.45, 2.75) is 19.1 Å². The first-order valence-electron chi connectivity index (χ1n) is 4.12. The van der Waals surface area contributed by atoms with Crippen LogP contribution in [-0.4, -0.2) is 23.1 Å². The number of aromatic hydroxyl groups is 1. The van der Waals surface area contributed by atoms with Crippen molar-refractivity contribution in [3.05, 3.63) is 27.5 Å². The van der Waals surface area contributed by atoms with E-state index < -0.39 is 26.8 Å².